The molecule has 1 rings (SSSR count). The van der Waals surface area contributed by atoms with Gasteiger partial charge in [0.15, 0.2) is 0 Å². The summed E-state index contributed by atoms with van der Waals surface area (Å²) in [6, 6.07) is 8.62. The van der Waals surface area contributed by atoms with Crippen molar-refractivity contribution in [3.8, 4) is 12.3 Å². The molecule has 0 aliphatic rings. The van der Waals surface area contributed by atoms with Crippen LogP contribution in [-0.4, -0.2) is 0 Å². The Morgan fingerprint density at radius 3 is 2.38 bits per heavy atom. The molecule has 0 fully saturated rings. The fraction of sp³-hybridized carbons (Fsp3) is 0.385. The van der Waals surface area contributed by atoms with Gasteiger partial charge in [-0.1, -0.05) is 43.5 Å². The monoisotopic (exact) mass is 172 g/mol. The molecule has 0 spiro atoms. The van der Waals surface area contributed by atoms with Crippen molar-refractivity contribution in [3.05, 3.63) is 35.4 Å². The summed E-state index contributed by atoms with van der Waals surface area (Å²) >= 11 is 0. The third-order valence-corrected chi connectivity index (χ3v) is 2.27. The van der Waals surface area contributed by atoms with Gasteiger partial charge in [0.2, 0.25) is 0 Å². The lowest BCUT2D eigenvalue weighted by molar-refractivity contribution is 0.916. The van der Waals surface area contributed by atoms with Gasteiger partial charge >= 0.3 is 0 Å². The highest BCUT2D eigenvalue weighted by molar-refractivity contribution is 5.29. The Bertz CT molecular complexity index is 287. The van der Waals surface area contributed by atoms with Gasteiger partial charge in [-0.05, 0) is 24.5 Å². The zero-order chi connectivity index (χ0) is 9.68. The van der Waals surface area contributed by atoms with Gasteiger partial charge in [-0.15, -0.1) is 6.42 Å². The SMILES string of the molecule is C#CC(C)c1ccc(CCC)cc1. The fourth-order valence-corrected chi connectivity index (χ4v) is 1.36. The summed E-state index contributed by atoms with van der Waals surface area (Å²) < 4.78 is 0. The fourth-order valence-electron chi connectivity index (χ4n) is 1.36. The predicted molar refractivity (Wildman–Crippen MR) is 57.7 cm³/mol. The molecule has 0 radical (unpaired) electrons. The highest BCUT2D eigenvalue weighted by Gasteiger charge is 2.00. The minimum atomic E-state index is 0.232. The maximum absolute atomic E-state index is 5.35. The van der Waals surface area contributed by atoms with Gasteiger partial charge in [-0.3, -0.25) is 0 Å². The molecule has 0 aromatic heterocycles. The molecule has 0 bridgehead atoms. The molecule has 0 N–H and O–H groups in total. The number of benzene rings is 1. The second-order valence-electron chi connectivity index (χ2n) is 3.38. The zero-order valence-electron chi connectivity index (χ0n) is 8.38. The molecule has 68 valence electrons. The molecule has 1 aromatic carbocycles. The van der Waals surface area contributed by atoms with Gasteiger partial charge in [0.05, 0.1) is 0 Å². The second-order valence-corrected chi connectivity index (χ2v) is 3.38. The molecule has 0 saturated heterocycles. The minimum Gasteiger partial charge on any atom is -0.119 e. The van der Waals surface area contributed by atoms with Gasteiger partial charge in [0, 0.05) is 5.92 Å². The van der Waals surface area contributed by atoms with Crippen molar-refractivity contribution in [2.45, 2.75) is 32.6 Å². The first kappa shape index (κ1) is 9.86. The Labute approximate surface area is 81.0 Å². The van der Waals surface area contributed by atoms with Crippen LogP contribution in [0.1, 0.15) is 37.3 Å². The summed E-state index contributed by atoms with van der Waals surface area (Å²) in [5, 5.41) is 0. The molecule has 0 heteroatoms. The number of rotatable bonds is 3. The van der Waals surface area contributed by atoms with Gasteiger partial charge in [0.25, 0.3) is 0 Å². The van der Waals surface area contributed by atoms with E-state index in [0.29, 0.717) is 0 Å². The second kappa shape index (κ2) is 4.72. The summed E-state index contributed by atoms with van der Waals surface area (Å²) in [7, 11) is 0. The molecule has 0 aliphatic heterocycles. The van der Waals surface area contributed by atoms with E-state index >= 15 is 0 Å². The number of hydrogen-bond donors (Lipinski definition) is 0. The average Bonchev–Trinajstić information content (AvgIpc) is 2.18. The van der Waals surface area contributed by atoms with Crippen LogP contribution in [0.15, 0.2) is 24.3 Å². The Morgan fingerprint density at radius 2 is 1.92 bits per heavy atom. The van der Waals surface area contributed by atoms with E-state index in [-0.39, 0.29) is 5.92 Å². The van der Waals surface area contributed by atoms with Crippen LogP contribution in [0.2, 0.25) is 0 Å². The standard InChI is InChI=1S/C13H16/c1-4-6-12-7-9-13(10-8-12)11(3)5-2/h2,7-11H,4,6H2,1,3H3. The highest BCUT2D eigenvalue weighted by Crippen LogP contribution is 2.15. The molecule has 1 aromatic rings. The molecule has 0 heterocycles. The molecule has 0 aliphatic carbocycles. The Morgan fingerprint density at radius 1 is 1.31 bits per heavy atom. The topological polar surface area (TPSA) is 0 Å². The van der Waals surface area contributed by atoms with E-state index in [9.17, 15) is 0 Å². The van der Waals surface area contributed by atoms with Gasteiger partial charge in [-0.2, -0.15) is 0 Å². The van der Waals surface area contributed by atoms with E-state index in [4.69, 9.17) is 6.42 Å². The van der Waals surface area contributed by atoms with Crippen LogP contribution in [0.3, 0.4) is 0 Å². The number of aryl methyl sites for hydroxylation is 1. The van der Waals surface area contributed by atoms with Crippen LogP contribution in [-0.2, 0) is 6.42 Å². The van der Waals surface area contributed by atoms with E-state index in [1.165, 1.54) is 17.5 Å². The molecule has 0 amide bonds. The molecule has 13 heavy (non-hydrogen) atoms. The average molecular weight is 172 g/mol. The van der Waals surface area contributed by atoms with Crippen molar-refractivity contribution in [1.82, 2.24) is 0 Å². The summed E-state index contributed by atoms with van der Waals surface area (Å²) in [5.74, 6) is 2.96. The summed E-state index contributed by atoms with van der Waals surface area (Å²) in [5.41, 5.74) is 2.64. The van der Waals surface area contributed by atoms with Crippen LogP contribution in [0.25, 0.3) is 0 Å². The predicted octanol–water partition coefficient (Wildman–Crippen LogP) is 3.38. The van der Waals surface area contributed by atoms with E-state index in [1.54, 1.807) is 0 Å². The molecule has 1 atom stereocenters. The molecule has 0 nitrogen and oxygen atoms in total. The zero-order valence-corrected chi connectivity index (χ0v) is 8.38. The van der Waals surface area contributed by atoms with Crippen molar-refractivity contribution in [1.29, 1.82) is 0 Å². The lowest BCUT2D eigenvalue weighted by atomic mass is 9.99. The molecular weight excluding hydrogens is 156 g/mol. The highest BCUT2D eigenvalue weighted by atomic mass is 14.0. The maximum Gasteiger partial charge on any atom is 0.0421 e. The first-order chi connectivity index (χ1) is 6.27. The van der Waals surface area contributed by atoms with Crippen LogP contribution in [0, 0.1) is 12.3 Å². The van der Waals surface area contributed by atoms with Gasteiger partial charge in [-0.25, -0.2) is 0 Å². The molecule has 0 saturated carbocycles. The van der Waals surface area contributed by atoms with Crippen LogP contribution in [0.4, 0.5) is 0 Å². The summed E-state index contributed by atoms with van der Waals surface area (Å²) in [4.78, 5) is 0. The van der Waals surface area contributed by atoms with Crippen LogP contribution < -0.4 is 0 Å². The maximum atomic E-state index is 5.35. The Kier molecular flexibility index (Phi) is 3.58. The van der Waals surface area contributed by atoms with Crippen molar-refractivity contribution >= 4 is 0 Å². The largest absolute Gasteiger partial charge is 0.119 e. The minimum absolute atomic E-state index is 0.232. The quantitative estimate of drug-likeness (QED) is 0.613. The van der Waals surface area contributed by atoms with Crippen LogP contribution >= 0.6 is 0 Å². The summed E-state index contributed by atoms with van der Waals surface area (Å²) in [6.07, 6.45) is 7.71. The summed E-state index contributed by atoms with van der Waals surface area (Å²) in [6.45, 7) is 4.24. The van der Waals surface area contributed by atoms with E-state index in [1.807, 2.05) is 0 Å². The van der Waals surface area contributed by atoms with Crippen molar-refractivity contribution < 1.29 is 0 Å². The van der Waals surface area contributed by atoms with Crippen molar-refractivity contribution in [2.75, 3.05) is 0 Å². The Hall–Kier alpha value is -1.22. The number of terminal acetylenes is 1. The Balaban J connectivity index is 2.76. The van der Waals surface area contributed by atoms with Crippen LogP contribution in [0.5, 0.6) is 0 Å². The van der Waals surface area contributed by atoms with Crippen molar-refractivity contribution in [2.24, 2.45) is 0 Å². The first-order valence-electron chi connectivity index (χ1n) is 4.83. The third kappa shape index (κ3) is 2.63. The first-order valence-corrected chi connectivity index (χ1v) is 4.83. The normalized spacial score (nSPS) is 12.1. The smallest absolute Gasteiger partial charge is 0.0421 e. The molecule has 1 unspecified atom stereocenters. The van der Waals surface area contributed by atoms with Gasteiger partial charge < -0.3 is 0 Å². The van der Waals surface area contributed by atoms with E-state index in [0.717, 1.165) is 6.42 Å². The number of hydrogen-bond acceptors (Lipinski definition) is 0. The third-order valence-electron chi connectivity index (χ3n) is 2.27. The van der Waals surface area contributed by atoms with Crippen molar-refractivity contribution in [3.63, 3.8) is 0 Å². The van der Waals surface area contributed by atoms with E-state index < -0.39 is 0 Å². The molecular formula is C13H16. The lowest BCUT2D eigenvalue weighted by Crippen LogP contribution is -1.90. The van der Waals surface area contributed by atoms with Gasteiger partial charge in [0.1, 0.15) is 0 Å². The van der Waals surface area contributed by atoms with E-state index in [2.05, 4.69) is 44.0 Å². The lowest BCUT2D eigenvalue weighted by Gasteiger charge is -2.05.